The van der Waals surface area contributed by atoms with Crippen LogP contribution in [0.15, 0.2) is 18.2 Å². The van der Waals surface area contributed by atoms with E-state index in [2.05, 4.69) is 10.2 Å². The number of benzene rings is 1. The van der Waals surface area contributed by atoms with E-state index in [1.165, 1.54) is 0 Å². The largest absolute Gasteiger partial charge is 0.494 e. The van der Waals surface area contributed by atoms with E-state index >= 15 is 0 Å². The number of piperidine rings is 2. The number of hydrogen-bond acceptors (Lipinski definition) is 7. The summed E-state index contributed by atoms with van der Waals surface area (Å²) in [6.45, 7) is 4.34. The van der Waals surface area contributed by atoms with Crippen LogP contribution in [0.25, 0.3) is 0 Å². The van der Waals surface area contributed by atoms with E-state index in [-0.39, 0.29) is 24.0 Å². The molecule has 9 nitrogen and oxygen atoms in total. The van der Waals surface area contributed by atoms with Gasteiger partial charge in [-0.25, -0.2) is 0 Å². The van der Waals surface area contributed by atoms with Crippen LogP contribution in [-0.4, -0.2) is 72.3 Å². The summed E-state index contributed by atoms with van der Waals surface area (Å²) >= 11 is 0. The minimum absolute atomic E-state index is 0.0993. The van der Waals surface area contributed by atoms with Crippen molar-refractivity contribution >= 4 is 23.6 Å². The molecule has 0 bridgehead atoms. The van der Waals surface area contributed by atoms with E-state index in [0.29, 0.717) is 18.3 Å². The molecule has 31 heavy (non-hydrogen) atoms. The van der Waals surface area contributed by atoms with Crippen molar-refractivity contribution in [3.05, 3.63) is 29.3 Å². The second-order valence-electron chi connectivity index (χ2n) is 8.38. The normalized spacial score (nSPS) is 22.6. The first-order valence-corrected chi connectivity index (χ1v) is 10.9. The van der Waals surface area contributed by atoms with E-state index < -0.39 is 29.7 Å². The summed E-state index contributed by atoms with van der Waals surface area (Å²) in [5, 5.41) is 2.19. The van der Waals surface area contributed by atoms with Gasteiger partial charge in [0.05, 0.1) is 17.7 Å². The Labute approximate surface area is 180 Å². The third-order valence-corrected chi connectivity index (χ3v) is 6.34. The third kappa shape index (κ3) is 4.47. The average molecular weight is 428 g/mol. The summed E-state index contributed by atoms with van der Waals surface area (Å²) in [7, 11) is 0. The van der Waals surface area contributed by atoms with Gasteiger partial charge < -0.3 is 15.4 Å². The minimum atomic E-state index is -0.960. The van der Waals surface area contributed by atoms with Gasteiger partial charge in [-0.1, -0.05) is 0 Å². The zero-order valence-corrected chi connectivity index (χ0v) is 17.5. The quantitative estimate of drug-likeness (QED) is 0.480. The molecule has 2 fully saturated rings. The van der Waals surface area contributed by atoms with Crippen LogP contribution >= 0.6 is 0 Å². The Morgan fingerprint density at radius 3 is 2.48 bits per heavy atom. The number of ether oxygens (including phenoxy) is 1. The Morgan fingerprint density at radius 2 is 1.77 bits per heavy atom. The van der Waals surface area contributed by atoms with Gasteiger partial charge in [0.15, 0.2) is 0 Å². The van der Waals surface area contributed by atoms with Crippen LogP contribution in [0, 0.1) is 5.92 Å². The summed E-state index contributed by atoms with van der Waals surface area (Å²) in [5.41, 5.74) is 6.22. The highest BCUT2D eigenvalue weighted by atomic mass is 16.5. The second-order valence-corrected chi connectivity index (χ2v) is 8.38. The van der Waals surface area contributed by atoms with Crippen LogP contribution in [0.3, 0.4) is 0 Å². The van der Waals surface area contributed by atoms with Gasteiger partial charge >= 0.3 is 0 Å². The van der Waals surface area contributed by atoms with Crippen LogP contribution in [-0.2, 0) is 9.59 Å². The van der Waals surface area contributed by atoms with Crippen LogP contribution in [0.4, 0.5) is 0 Å². The van der Waals surface area contributed by atoms with E-state index in [4.69, 9.17) is 10.5 Å². The number of hydrogen-bond donors (Lipinski definition) is 2. The molecule has 1 unspecified atom stereocenters. The summed E-state index contributed by atoms with van der Waals surface area (Å²) in [4.78, 5) is 52.4. The molecule has 166 valence electrons. The zero-order valence-electron chi connectivity index (χ0n) is 17.5. The number of rotatable bonds is 7. The smallest absolute Gasteiger partial charge is 0.262 e. The summed E-state index contributed by atoms with van der Waals surface area (Å²) < 4.78 is 5.81. The van der Waals surface area contributed by atoms with Crippen molar-refractivity contribution in [3.8, 4) is 5.75 Å². The van der Waals surface area contributed by atoms with Crippen molar-refractivity contribution in [2.75, 3.05) is 32.8 Å². The lowest BCUT2D eigenvalue weighted by Gasteiger charge is -2.31. The molecule has 3 heterocycles. The monoisotopic (exact) mass is 428 g/mol. The Bertz CT molecular complexity index is 894. The Kier molecular flexibility index (Phi) is 6.33. The van der Waals surface area contributed by atoms with Crippen LogP contribution in [0.5, 0.6) is 5.75 Å². The van der Waals surface area contributed by atoms with Crippen LogP contribution in [0.1, 0.15) is 52.8 Å². The number of nitrogens with one attached hydrogen (secondary N) is 1. The van der Waals surface area contributed by atoms with E-state index in [1.807, 2.05) is 0 Å². The first-order valence-electron chi connectivity index (χ1n) is 10.9. The molecule has 1 aromatic carbocycles. The summed E-state index contributed by atoms with van der Waals surface area (Å²) in [5.74, 6) is -0.884. The summed E-state index contributed by atoms with van der Waals surface area (Å²) in [6.07, 6.45) is 3.38. The SMILES string of the molecule is NCC1CCN(CCCOc2ccc3c(c2)C(=O)N(C2CCC(=O)NC2=O)C3=O)CC1. The van der Waals surface area contributed by atoms with Gasteiger partial charge in [0, 0.05) is 13.0 Å². The highest BCUT2D eigenvalue weighted by molar-refractivity contribution is 6.23. The molecule has 1 aromatic rings. The molecular weight excluding hydrogens is 400 g/mol. The number of nitrogens with zero attached hydrogens (tertiary/aromatic N) is 2. The fraction of sp³-hybridized carbons (Fsp3) is 0.545. The van der Waals surface area contributed by atoms with Gasteiger partial charge in [0.2, 0.25) is 11.8 Å². The molecule has 0 spiro atoms. The first-order chi connectivity index (χ1) is 15.0. The molecule has 3 N–H and O–H groups in total. The van der Waals surface area contributed by atoms with Gasteiger partial charge in [-0.15, -0.1) is 0 Å². The fourth-order valence-corrected chi connectivity index (χ4v) is 4.46. The maximum Gasteiger partial charge on any atom is 0.262 e. The number of imide groups is 2. The predicted molar refractivity (Wildman–Crippen MR) is 111 cm³/mol. The molecule has 1 atom stereocenters. The zero-order chi connectivity index (χ0) is 22.0. The second kappa shape index (κ2) is 9.15. The highest BCUT2D eigenvalue weighted by Gasteiger charge is 2.44. The lowest BCUT2D eigenvalue weighted by atomic mass is 9.97. The van der Waals surface area contributed by atoms with Crippen molar-refractivity contribution in [2.45, 2.75) is 38.1 Å². The van der Waals surface area contributed by atoms with Gasteiger partial charge in [-0.05, 0) is 69.4 Å². The lowest BCUT2D eigenvalue weighted by molar-refractivity contribution is -0.136. The van der Waals surface area contributed by atoms with E-state index in [0.717, 1.165) is 50.3 Å². The van der Waals surface area contributed by atoms with Crippen molar-refractivity contribution in [3.63, 3.8) is 0 Å². The maximum absolute atomic E-state index is 12.8. The number of likely N-dealkylation sites (tertiary alicyclic amines) is 1. The number of carbonyl (C=O) groups excluding carboxylic acids is 4. The number of fused-ring (bicyclic) bond motifs is 1. The maximum atomic E-state index is 12.8. The molecule has 2 saturated heterocycles. The lowest BCUT2D eigenvalue weighted by Crippen LogP contribution is -2.54. The van der Waals surface area contributed by atoms with Crippen molar-refractivity contribution < 1.29 is 23.9 Å². The molecular formula is C22H28N4O5. The molecule has 0 aliphatic carbocycles. The topological polar surface area (TPSA) is 122 Å². The van der Waals surface area contributed by atoms with Crippen molar-refractivity contribution in [2.24, 2.45) is 11.7 Å². The molecule has 3 aliphatic rings. The molecule has 0 aromatic heterocycles. The van der Waals surface area contributed by atoms with Gasteiger partial charge in [0.25, 0.3) is 11.8 Å². The van der Waals surface area contributed by atoms with Gasteiger partial charge in [-0.3, -0.25) is 29.4 Å². The van der Waals surface area contributed by atoms with E-state index in [9.17, 15) is 19.2 Å². The number of amides is 4. The molecule has 0 saturated carbocycles. The van der Waals surface area contributed by atoms with Crippen molar-refractivity contribution in [1.29, 1.82) is 0 Å². The molecule has 9 heteroatoms. The van der Waals surface area contributed by atoms with Gasteiger partial charge in [-0.2, -0.15) is 0 Å². The molecule has 4 rings (SSSR count). The standard InChI is InChI=1S/C22H28N4O5/c23-13-14-6-9-25(10-7-14)8-1-11-31-15-2-3-16-17(12-15)22(30)26(21(16)29)18-4-5-19(27)24-20(18)28/h2-3,12,14,18H,1,4-11,13,23H2,(H,24,27,28). The third-order valence-electron chi connectivity index (χ3n) is 6.34. The summed E-state index contributed by atoms with van der Waals surface area (Å²) in [6, 6.07) is 3.84. The Hall–Kier alpha value is -2.78. The highest BCUT2D eigenvalue weighted by Crippen LogP contribution is 2.30. The fourth-order valence-electron chi connectivity index (χ4n) is 4.46. The van der Waals surface area contributed by atoms with Gasteiger partial charge in [0.1, 0.15) is 11.8 Å². The molecule has 0 radical (unpaired) electrons. The Morgan fingerprint density at radius 1 is 1.03 bits per heavy atom. The number of nitrogens with two attached hydrogens (primary N) is 1. The molecule has 4 amide bonds. The molecule has 3 aliphatic heterocycles. The van der Waals surface area contributed by atoms with Crippen LogP contribution < -0.4 is 15.8 Å². The van der Waals surface area contributed by atoms with Crippen LogP contribution in [0.2, 0.25) is 0 Å². The first kappa shape index (κ1) is 21.5. The Balaban J connectivity index is 1.32. The van der Waals surface area contributed by atoms with E-state index in [1.54, 1.807) is 18.2 Å². The predicted octanol–water partition coefficient (Wildman–Crippen LogP) is 0.527. The van der Waals surface area contributed by atoms with Crippen molar-refractivity contribution in [1.82, 2.24) is 15.1 Å². The minimum Gasteiger partial charge on any atom is -0.494 e. The number of carbonyl (C=O) groups is 4. The average Bonchev–Trinajstić information content (AvgIpc) is 3.02.